The summed E-state index contributed by atoms with van der Waals surface area (Å²) in [7, 11) is 0. The van der Waals surface area contributed by atoms with E-state index in [2.05, 4.69) is 4.98 Å². The van der Waals surface area contributed by atoms with Crippen LogP contribution in [0.5, 0.6) is 0 Å². The van der Waals surface area contributed by atoms with E-state index in [9.17, 15) is 22.0 Å². The van der Waals surface area contributed by atoms with E-state index in [0.29, 0.717) is 0 Å². The summed E-state index contributed by atoms with van der Waals surface area (Å²) in [6.45, 7) is 0. The van der Waals surface area contributed by atoms with Crippen LogP contribution in [0.3, 0.4) is 0 Å². The minimum Gasteiger partial charge on any atom is -0.294 e. The third kappa shape index (κ3) is 3.72. The molecule has 0 aliphatic heterocycles. The molecule has 0 aliphatic carbocycles. The fraction of sp³-hybridized carbons (Fsp3) is 0.0526. The molecule has 0 saturated carbocycles. The zero-order valence-corrected chi connectivity index (χ0v) is 13.5. The number of hydrogen-bond donors (Lipinski definition) is 0. The summed E-state index contributed by atoms with van der Waals surface area (Å²) < 4.78 is 67.7. The van der Waals surface area contributed by atoms with Crippen LogP contribution in [0.25, 0.3) is 28.7 Å². The number of allylic oxidation sites excluding steroid dienone is 1. The lowest BCUT2D eigenvalue weighted by Gasteiger charge is -2.10. The number of imidazole rings is 1. The van der Waals surface area contributed by atoms with Gasteiger partial charge in [-0.2, -0.15) is 18.4 Å². The zero-order chi connectivity index (χ0) is 19.6. The van der Waals surface area contributed by atoms with Crippen LogP contribution < -0.4 is 0 Å². The van der Waals surface area contributed by atoms with Crippen molar-refractivity contribution in [2.24, 2.45) is 0 Å². The first-order valence-electron chi connectivity index (χ1n) is 7.59. The van der Waals surface area contributed by atoms with Crippen molar-refractivity contribution < 1.29 is 22.0 Å². The maximum Gasteiger partial charge on any atom is 0.450 e. The number of benzene rings is 2. The summed E-state index contributed by atoms with van der Waals surface area (Å²) >= 11 is 0. The molecule has 0 fully saturated rings. The van der Waals surface area contributed by atoms with E-state index < -0.39 is 23.6 Å². The van der Waals surface area contributed by atoms with Crippen LogP contribution in [0.2, 0.25) is 0 Å². The normalized spacial score (nSPS) is 11.7. The molecule has 3 aromatic rings. The van der Waals surface area contributed by atoms with Crippen molar-refractivity contribution >= 4 is 6.20 Å². The number of halogens is 5. The van der Waals surface area contributed by atoms with Gasteiger partial charge in [0.2, 0.25) is 5.82 Å². The van der Waals surface area contributed by atoms with Crippen molar-refractivity contribution in [2.75, 3.05) is 0 Å². The smallest absolute Gasteiger partial charge is 0.294 e. The predicted octanol–water partition coefficient (Wildman–Crippen LogP) is 5.51. The summed E-state index contributed by atoms with van der Waals surface area (Å²) in [6, 6.07) is 11.2. The number of rotatable bonds is 3. The lowest BCUT2D eigenvalue weighted by molar-refractivity contribution is -0.145. The lowest BCUT2D eigenvalue weighted by Crippen LogP contribution is -2.12. The van der Waals surface area contributed by atoms with Crippen molar-refractivity contribution in [3.63, 3.8) is 0 Å². The van der Waals surface area contributed by atoms with Gasteiger partial charge in [0.05, 0.1) is 17.5 Å². The fourth-order valence-electron chi connectivity index (χ4n) is 2.58. The second kappa shape index (κ2) is 7.03. The lowest BCUT2D eigenvalue weighted by atomic mass is 10.0. The minimum absolute atomic E-state index is 0.000401. The molecule has 3 nitrogen and oxygen atoms in total. The maximum atomic E-state index is 13.5. The van der Waals surface area contributed by atoms with E-state index in [4.69, 9.17) is 5.26 Å². The Morgan fingerprint density at radius 3 is 1.89 bits per heavy atom. The molecule has 3 rings (SSSR count). The van der Waals surface area contributed by atoms with Gasteiger partial charge in [-0.3, -0.25) is 4.57 Å². The number of nitriles is 1. The highest BCUT2D eigenvalue weighted by Gasteiger charge is 2.39. The van der Waals surface area contributed by atoms with Gasteiger partial charge in [-0.25, -0.2) is 13.8 Å². The number of nitrogens with zero attached hydrogens (tertiary/aromatic N) is 3. The molecule has 0 spiro atoms. The number of alkyl halides is 3. The molecular weight excluding hydrogens is 365 g/mol. The molecule has 8 heteroatoms. The van der Waals surface area contributed by atoms with Crippen LogP contribution in [0, 0.1) is 23.0 Å². The second-order valence-corrected chi connectivity index (χ2v) is 5.46. The highest BCUT2D eigenvalue weighted by atomic mass is 19.4. The van der Waals surface area contributed by atoms with Crippen molar-refractivity contribution in [3.8, 4) is 28.6 Å². The number of hydrogen-bond acceptors (Lipinski definition) is 2. The third-order valence-corrected chi connectivity index (χ3v) is 3.70. The van der Waals surface area contributed by atoms with E-state index >= 15 is 0 Å². The molecule has 0 N–H and O–H groups in total. The molecule has 27 heavy (non-hydrogen) atoms. The summed E-state index contributed by atoms with van der Waals surface area (Å²) in [5, 5.41) is 8.73. The zero-order valence-electron chi connectivity index (χ0n) is 13.5. The summed E-state index contributed by atoms with van der Waals surface area (Å²) in [5.41, 5.74) is 0.420. The Labute approximate surface area is 150 Å². The third-order valence-electron chi connectivity index (χ3n) is 3.70. The Kier molecular flexibility index (Phi) is 4.77. The van der Waals surface area contributed by atoms with Gasteiger partial charge in [-0.05, 0) is 48.5 Å². The summed E-state index contributed by atoms with van der Waals surface area (Å²) in [6.07, 6.45) is -3.01. The molecule has 0 bridgehead atoms. The standard InChI is InChI=1S/C19H10F5N3/c20-14-6-2-12(3-7-14)16-17(13-4-8-15(21)9-5-13)27(11-1-10-25)18(26-16)19(22,23)24/h1-9,11H. The van der Waals surface area contributed by atoms with E-state index in [1.165, 1.54) is 24.3 Å². The molecule has 1 heterocycles. The first-order valence-corrected chi connectivity index (χ1v) is 7.59. The summed E-state index contributed by atoms with van der Waals surface area (Å²) in [4.78, 5) is 3.69. The van der Waals surface area contributed by atoms with Crippen molar-refractivity contribution in [1.82, 2.24) is 9.55 Å². The van der Waals surface area contributed by atoms with Gasteiger partial charge in [-0.1, -0.05) is 0 Å². The first-order chi connectivity index (χ1) is 12.8. The largest absolute Gasteiger partial charge is 0.450 e. The molecule has 0 saturated heterocycles. The predicted molar refractivity (Wildman–Crippen MR) is 89.0 cm³/mol. The Morgan fingerprint density at radius 2 is 1.41 bits per heavy atom. The Balaban J connectivity index is 2.36. The van der Waals surface area contributed by atoms with E-state index in [-0.39, 0.29) is 22.5 Å². The monoisotopic (exact) mass is 375 g/mol. The van der Waals surface area contributed by atoms with Crippen molar-refractivity contribution in [1.29, 1.82) is 5.26 Å². The van der Waals surface area contributed by atoms with Gasteiger partial charge in [0.15, 0.2) is 0 Å². The highest BCUT2D eigenvalue weighted by molar-refractivity contribution is 5.80. The Morgan fingerprint density at radius 1 is 0.889 bits per heavy atom. The van der Waals surface area contributed by atoms with Crippen molar-refractivity contribution in [2.45, 2.75) is 6.18 Å². The maximum absolute atomic E-state index is 13.5. The number of aromatic nitrogens is 2. The highest BCUT2D eigenvalue weighted by Crippen LogP contribution is 2.39. The van der Waals surface area contributed by atoms with Gasteiger partial charge in [-0.15, -0.1) is 0 Å². The molecule has 0 aliphatic rings. The van der Waals surface area contributed by atoms with Gasteiger partial charge in [0, 0.05) is 23.4 Å². The summed E-state index contributed by atoms with van der Waals surface area (Å²) in [5.74, 6) is -2.37. The van der Waals surface area contributed by atoms with Crippen LogP contribution in [0.4, 0.5) is 22.0 Å². The van der Waals surface area contributed by atoms with Crippen LogP contribution >= 0.6 is 0 Å². The SMILES string of the molecule is N#CC=Cn1c(C(F)(F)F)nc(-c2ccc(F)cc2)c1-c1ccc(F)cc1. The topological polar surface area (TPSA) is 41.6 Å². The van der Waals surface area contributed by atoms with Crippen LogP contribution in [0.1, 0.15) is 5.82 Å². The average Bonchev–Trinajstić information content (AvgIpc) is 3.01. The van der Waals surface area contributed by atoms with Gasteiger partial charge in [0.1, 0.15) is 11.6 Å². The van der Waals surface area contributed by atoms with Gasteiger partial charge in [0.25, 0.3) is 0 Å². The van der Waals surface area contributed by atoms with Crippen LogP contribution in [-0.2, 0) is 6.18 Å². The van der Waals surface area contributed by atoms with Gasteiger partial charge >= 0.3 is 6.18 Å². The minimum atomic E-state index is -4.81. The van der Waals surface area contributed by atoms with E-state index in [1.54, 1.807) is 6.07 Å². The van der Waals surface area contributed by atoms with Crippen LogP contribution in [-0.4, -0.2) is 9.55 Å². The Bertz CT molecular complexity index is 1020. The quantitative estimate of drug-likeness (QED) is 0.448. The average molecular weight is 375 g/mol. The van der Waals surface area contributed by atoms with E-state index in [1.807, 2.05) is 0 Å². The molecule has 1 aromatic heterocycles. The second-order valence-electron chi connectivity index (χ2n) is 5.46. The molecule has 0 amide bonds. The van der Waals surface area contributed by atoms with Crippen LogP contribution in [0.15, 0.2) is 54.6 Å². The Hall–Kier alpha value is -3.47. The van der Waals surface area contributed by atoms with Gasteiger partial charge < -0.3 is 0 Å². The first kappa shape index (κ1) is 18.3. The van der Waals surface area contributed by atoms with Crippen molar-refractivity contribution in [3.05, 3.63) is 72.1 Å². The molecule has 0 radical (unpaired) electrons. The molecule has 0 unspecified atom stereocenters. The molecule has 136 valence electrons. The molecular formula is C19H10F5N3. The molecule has 2 aromatic carbocycles. The van der Waals surface area contributed by atoms with E-state index in [0.717, 1.165) is 41.1 Å². The molecule has 0 atom stereocenters. The fourth-order valence-corrected chi connectivity index (χ4v) is 2.58.